The van der Waals surface area contributed by atoms with Gasteiger partial charge >= 0.3 is 0 Å². The summed E-state index contributed by atoms with van der Waals surface area (Å²) < 4.78 is 0. The minimum Gasteiger partial charge on any atom is -0.389 e. The zero-order valence-corrected chi connectivity index (χ0v) is 12.4. The van der Waals surface area contributed by atoms with Gasteiger partial charge in [-0.25, -0.2) is 0 Å². The van der Waals surface area contributed by atoms with Gasteiger partial charge in [0.1, 0.15) is 0 Å². The second-order valence-electron chi connectivity index (χ2n) is 5.67. The summed E-state index contributed by atoms with van der Waals surface area (Å²) in [6.45, 7) is 4.37. The summed E-state index contributed by atoms with van der Waals surface area (Å²) in [7, 11) is 0. The zero-order valence-electron chi connectivity index (χ0n) is 10.9. The summed E-state index contributed by atoms with van der Waals surface area (Å²) in [5, 5.41) is 12.2. The Morgan fingerprint density at radius 3 is 2.72 bits per heavy atom. The van der Waals surface area contributed by atoms with Crippen LogP contribution in [0.15, 0.2) is 18.2 Å². The van der Waals surface area contributed by atoms with Crippen LogP contribution in [0.2, 0.25) is 10.0 Å². The Balaban J connectivity index is 2.21. The molecule has 1 aromatic carbocycles. The quantitative estimate of drug-likeness (QED) is 0.834. The van der Waals surface area contributed by atoms with Crippen LogP contribution in [-0.2, 0) is 6.42 Å². The van der Waals surface area contributed by atoms with Gasteiger partial charge in [-0.1, -0.05) is 56.0 Å². The van der Waals surface area contributed by atoms with Crippen LogP contribution >= 0.6 is 23.2 Å². The minimum absolute atomic E-state index is 0.304. The molecule has 0 aliphatic heterocycles. The van der Waals surface area contributed by atoms with Gasteiger partial charge in [0.2, 0.25) is 0 Å². The largest absolute Gasteiger partial charge is 0.389 e. The zero-order chi connectivity index (χ0) is 13.3. The first-order valence-corrected chi connectivity index (χ1v) is 7.34. The summed E-state index contributed by atoms with van der Waals surface area (Å²) in [5.74, 6) is 0.868. The van der Waals surface area contributed by atoms with Crippen LogP contribution in [0.5, 0.6) is 0 Å². The highest BCUT2D eigenvalue weighted by atomic mass is 35.5. The van der Waals surface area contributed by atoms with E-state index in [4.69, 9.17) is 23.2 Å². The molecular weight excluding hydrogens is 267 g/mol. The van der Waals surface area contributed by atoms with E-state index in [-0.39, 0.29) is 0 Å². The predicted octanol–water partition coefficient (Wildman–Crippen LogP) is 4.72. The van der Waals surface area contributed by atoms with Crippen LogP contribution in [0.25, 0.3) is 0 Å². The first-order valence-electron chi connectivity index (χ1n) is 6.59. The molecule has 0 bridgehead atoms. The third-order valence-corrected chi connectivity index (χ3v) is 5.07. The number of rotatable bonds is 2. The second kappa shape index (κ2) is 5.40. The SMILES string of the molecule is CC1CCCC(O)(Cc2ccc(Cl)cc2Cl)C1C. The van der Waals surface area contributed by atoms with E-state index in [1.54, 1.807) is 6.07 Å². The molecule has 0 heterocycles. The van der Waals surface area contributed by atoms with E-state index in [1.165, 1.54) is 6.42 Å². The van der Waals surface area contributed by atoms with E-state index < -0.39 is 5.60 Å². The van der Waals surface area contributed by atoms with Gasteiger partial charge in [-0.2, -0.15) is 0 Å². The van der Waals surface area contributed by atoms with Gasteiger partial charge in [-0.3, -0.25) is 0 Å². The standard InChI is InChI=1S/C15H20Cl2O/c1-10-4-3-7-15(18,11(10)2)9-12-5-6-13(16)8-14(12)17/h5-6,8,10-11,18H,3-4,7,9H2,1-2H3. The monoisotopic (exact) mass is 286 g/mol. The molecule has 1 fully saturated rings. The van der Waals surface area contributed by atoms with Gasteiger partial charge in [-0.15, -0.1) is 0 Å². The lowest BCUT2D eigenvalue weighted by atomic mass is 9.68. The van der Waals surface area contributed by atoms with Crippen molar-refractivity contribution in [2.24, 2.45) is 11.8 Å². The summed E-state index contributed by atoms with van der Waals surface area (Å²) >= 11 is 12.1. The first-order chi connectivity index (χ1) is 8.42. The molecule has 0 saturated heterocycles. The average Bonchev–Trinajstić information content (AvgIpc) is 2.30. The number of halogens is 2. The summed E-state index contributed by atoms with van der Waals surface area (Å²) in [4.78, 5) is 0. The molecular formula is C15H20Cl2O. The second-order valence-corrected chi connectivity index (χ2v) is 6.52. The minimum atomic E-state index is -0.630. The predicted molar refractivity (Wildman–Crippen MR) is 77.3 cm³/mol. The smallest absolute Gasteiger partial charge is 0.0716 e. The molecule has 3 unspecified atom stereocenters. The molecule has 3 heteroatoms. The van der Waals surface area contributed by atoms with Crippen molar-refractivity contribution < 1.29 is 5.11 Å². The lowest BCUT2D eigenvalue weighted by Gasteiger charge is -2.42. The molecule has 1 saturated carbocycles. The summed E-state index contributed by atoms with van der Waals surface area (Å²) in [6.07, 6.45) is 3.77. The van der Waals surface area contributed by atoms with Gasteiger partial charge in [0, 0.05) is 16.5 Å². The van der Waals surface area contributed by atoms with Crippen molar-refractivity contribution in [3.8, 4) is 0 Å². The third-order valence-electron chi connectivity index (χ3n) is 4.48. The topological polar surface area (TPSA) is 20.2 Å². The van der Waals surface area contributed by atoms with Crippen LogP contribution < -0.4 is 0 Å². The molecule has 2 rings (SSSR count). The molecule has 0 aromatic heterocycles. The maximum absolute atomic E-state index is 10.9. The highest BCUT2D eigenvalue weighted by Gasteiger charge is 2.39. The molecule has 1 aromatic rings. The Kier molecular flexibility index (Phi) is 4.25. The highest BCUT2D eigenvalue weighted by molar-refractivity contribution is 6.35. The maximum atomic E-state index is 10.9. The molecule has 18 heavy (non-hydrogen) atoms. The molecule has 1 N–H and O–H groups in total. The fourth-order valence-electron chi connectivity index (χ4n) is 2.98. The van der Waals surface area contributed by atoms with Crippen LogP contribution in [0, 0.1) is 11.8 Å². The van der Waals surface area contributed by atoms with E-state index in [0.29, 0.717) is 28.3 Å². The van der Waals surface area contributed by atoms with Gasteiger partial charge in [0.05, 0.1) is 5.60 Å². The van der Waals surface area contributed by atoms with Gasteiger partial charge in [0.15, 0.2) is 0 Å². The van der Waals surface area contributed by atoms with Crippen LogP contribution in [-0.4, -0.2) is 10.7 Å². The third kappa shape index (κ3) is 2.84. The van der Waals surface area contributed by atoms with Gasteiger partial charge < -0.3 is 5.11 Å². The summed E-state index contributed by atoms with van der Waals surface area (Å²) in [6, 6.07) is 5.51. The van der Waals surface area contributed by atoms with Crippen molar-refractivity contribution >= 4 is 23.2 Å². The fourth-order valence-corrected chi connectivity index (χ4v) is 3.46. The van der Waals surface area contributed by atoms with E-state index in [9.17, 15) is 5.11 Å². The first kappa shape index (κ1) is 14.2. The Morgan fingerprint density at radius 1 is 1.33 bits per heavy atom. The van der Waals surface area contributed by atoms with Crippen molar-refractivity contribution in [3.63, 3.8) is 0 Å². The van der Waals surface area contributed by atoms with Gasteiger partial charge in [0.25, 0.3) is 0 Å². The van der Waals surface area contributed by atoms with Crippen molar-refractivity contribution in [1.82, 2.24) is 0 Å². The van der Waals surface area contributed by atoms with E-state index in [1.807, 2.05) is 12.1 Å². The number of hydrogen-bond donors (Lipinski definition) is 1. The van der Waals surface area contributed by atoms with Crippen molar-refractivity contribution in [2.45, 2.75) is 45.1 Å². The maximum Gasteiger partial charge on any atom is 0.0716 e. The lowest BCUT2D eigenvalue weighted by molar-refractivity contribution is -0.0620. The van der Waals surface area contributed by atoms with E-state index >= 15 is 0 Å². The molecule has 1 aliphatic rings. The van der Waals surface area contributed by atoms with Crippen LogP contribution in [0.4, 0.5) is 0 Å². The molecule has 100 valence electrons. The van der Waals surface area contributed by atoms with Gasteiger partial charge in [-0.05, 0) is 36.0 Å². The van der Waals surface area contributed by atoms with Crippen LogP contribution in [0.1, 0.15) is 38.7 Å². The number of aliphatic hydroxyl groups is 1. The Labute approximate surface area is 119 Å². The molecule has 0 spiro atoms. The number of benzene rings is 1. The molecule has 3 atom stereocenters. The fraction of sp³-hybridized carbons (Fsp3) is 0.600. The highest BCUT2D eigenvalue weighted by Crippen LogP contribution is 2.40. The van der Waals surface area contributed by atoms with Crippen molar-refractivity contribution in [1.29, 1.82) is 0 Å². The Hall–Kier alpha value is -0.240. The van der Waals surface area contributed by atoms with E-state index in [2.05, 4.69) is 13.8 Å². The van der Waals surface area contributed by atoms with Crippen molar-refractivity contribution in [3.05, 3.63) is 33.8 Å². The Bertz CT molecular complexity index is 433. The summed E-state index contributed by atoms with van der Waals surface area (Å²) in [5.41, 5.74) is 0.360. The normalized spacial score (nSPS) is 32.5. The molecule has 1 nitrogen and oxygen atoms in total. The Morgan fingerprint density at radius 2 is 2.06 bits per heavy atom. The molecule has 0 radical (unpaired) electrons. The molecule has 1 aliphatic carbocycles. The average molecular weight is 287 g/mol. The molecule has 0 amide bonds. The number of hydrogen-bond acceptors (Lipinski definition) is 1. The van der Waals surface area contributed by atoms with E-state index in [0.717, 1.165) is 18.4 Å². The van der Waals surface area contributed by atoms with Crippen LogP contribution in [0.3, 0.4) is 0 Å². The lowest BCUT2D eigenvalue weighted by Crippen LogP contribution is -2.44. The van der Waals surface area contributed by atoms with Crippen molar-refractivity contribution in [2.75, 3.05) is 0 Å².